The van der Waals surface area contributed by atoms with Crippen molar-refractivity contribution in [2.75, 3.05) is 0 Å². The first kappa shape index (κ1) is 14.5. The van der Waals surface area contributed by atoms with Crippen LogP contribution in [0.3, 0.4) is 0 Å². The number of rotatable bonds is 4. The molecule has 0 bridgehead atoms. The van der Waals surface area contributed by atoms with Gasteiger partial charge in [0.05, 0.1) is 0 Å². The summed E-state index contributed by atoms with van der Waals surface area (Å²) in [7, 11) is 0. The van der Waals surface area contributed by atoms with Crippen LogP contribution < -0.4 is 0 Å². The van der Waals surface area contributed by atoms with Crippen LogP contribution in [-0.4, -0.2) is 21.0 Å². The highest BCUT2D eigenvalue weighted by Gasteiger charge is 2.26. The minimum absolute atomic E-state index is 0.00899. The van der Waals surface area contributed by atoms with Crippen molar-refractivity contribution in [1.29, 1.82) is 0 Å². The van der Waals surface area contributed by atoms with E-state index in [1.54, 1.807) is 12.4 Å². The highest BCUT2D eigenvalue weighted by atomic mass is 35.6. The number of hydrogen-bond acceptors (Lipinski definition) is 3. The van der Waals surface area contributed by atoms with Crippen molar-refractivity contribution in [3.8, 4) is 0 Å². The minimum Gasteiger partial charge on any atom is -0.481 e. The SMILES string of the molecule is CC(CC(=O)O)Cc1cnc(C(Cl)(Cl)Cl)nc1. The Balaban J connectivity index is 2.66. The van der Waals surface area contributed by atoms with Gasteiger partial charge in [-0.05, 0) is 17.9 Å². The van der Waals surface area contributed by atoms with Gasteiger partial charge in [-0.1, -0.05) is 41.7 Å². The quantitative estimate of drug-likeness (QED) is 0.868. The second-order valence-corrected chi connectivity index (χ2v) is 6.10. The summed E-state index contributed by atoms with van der Waals surface area (Å²) in [5.41, 5.74) is 0.816. The van der Waals surface area contributed by atoms with E-state index in [2.05, 4.69) is 9.97 Å². The number of carboxylic acids is 1. The van der Waals surface area contributed by atoms with Crippen LogP contribution in [0.25, 0.3) is 0 Å². The Morgan fingerprint density at radius 3 is 2.35 bits per heavy atom. The van der Waals surface area contributed by atoms with Crippen molar-refractivity contribution in [3.05, 3.63) is 23.8 Å². The molecule has 1 atom stereocenters. The number of aliphatic carboxylic acids is 1. The van der Waals surface area contributed by atoms with Crippen molar-refractivity contribution in [3.63, 3.8) is 0 Å². The molecule has 1 heterocycles. The summed E-state index contributed by atoms with van der Waals surface area (Å²) in [6.45, 7) is 1.84. The highest BCUT2D eigenvalue weighted by molar-refractivity contribution is 6.66. The Morgan fingerprint density at radius 2 is 1.94 bits per heavy atom. The molecule has 0 spiro atoms. The lowest BCUT2D eigenvalue weighted by Crippen LogP contribution is -2.10. The normalized spacial score (nSPS) is 13.4. The summed E-state index contributed by atoms with van der Waals surface area (Å²) in [4.78, 5) is 18.4. The molecule has 0 aromatic carbocycles. The Labute approximate surface area is 114 Å². The van der Waals surface area contributed by atoms with Gasteiger partial charge in [-0.3, -0.25) is 4.79 Å². The van der Waals surface area contributed by atoms with Crippen molar-refractivity contribution in [2.24, 2.45) is 5.92 Å². The third-order valence-corrected chi connectivity index (χ3v) is 2.57. The van der Waals surface area contributed by atoms with E-state index in [4.69, 9.17) is 39.9 Å². The molecule has 0 aliphatic heterocycles. The van der Waals surface area contributed by atoms with Gasteiger partial charge in [0.25, 0.3) is 0 Å². The first-order chi connectivity index (χ1) is 7.79. The molecule has 17 heavy (non-hydrogen) atoms. The fraction of sp³-hybridized carbons (Fsp3) is 0.500. The maximum atomic E-state index is 10.5. The van der Waals surface area contributed by atoms with Gasteiger partial charge in [0.1, 0.15) is 0 Å². The topological polar surface area (TPSA) is 63.1 Å². The molecule has 1 rings (SSSR count). The van der Waals surface area contributed by atoms with Crippen LogP contribution in [0.5, 0.6) is 0 Å². The molecular weight excluding hydrogens is 286 g/mol. The summed E-state index contributed by atoms with van der Waals surface area (Å²) in [5, 5.41) is 8.63. The van der Waals surface area contributed by atoms with E-state index >= 15 is 0 Å². The molecule has 1 unspecified atom stereocenters. The lowest BCUT2D eigenvalue weighted by atomic mass is 10.0. The molecule has 0 saturated heterocycles. The Hall–Kier alpha value is -0.580. The zero-order chi connectivity index (χ0) is 13.1. The van der Waals surface area contributed by atoms with E-state index in [-0.39, 0.29) is 18.2 Å². The maximum Gasteiger partial charge on any atom is 0.303 e. The molecule has 1 N–H and O–H groups in total. The Kier molecular flexibility index (Phi) is 4.98. The minimum atomic E-state index is -1.63. The number of carbonyl (C=O) groups is 1. The first-order valence-corrected chi connectivity index (χ1v) is 6.02. The molecule has 0 amide bonds. The van der Waals surface area contributed by atoms with E-state index in [0.29, 0.717) is 6.42 Å². The Bertz CT molecular complexity index is 390. The number of carboxylic acid groups (broad SMARTS) is 1. The van der Waals surface area contributed by atoms with Gasteiger partial charge in [0.15, 0.2) is 5.82 Å². The van der Waals surface area contributed by atoms with Crippen molar-refractivity contribution in [2.45, 2.75) is 23.6 Å². The van der Waals surface area contributed by atoms with Crippen LogP contribution in [0.4, 0.5) is 0 Å². The van der Waals surface area contributed by atoms with E-state index in [9.17, 15) is 4.79 Å². The van der Waals surface area contributed by atoms with Gasteiger partial charge in [-0.15, -0.1) is 0 Å². The second kappa shape index (κ2) is 5.85. The maximum absolute atomic E-state index is 10.5. The number of nitrogens with zero attached hydrogens (tertiary/aromatic N) is 2. The molecule has 4 nitrogen and oxygen atoms in total. The molecule has 0 aliphatic rings. The standard InChI is InChI=1S/C10H11Cl3N2O2/c1-6(3-8(16)17)2-7-4-14-9(15-5-7)10(11,12)13/h4-6H,2-3H2,1H3,(H,16,17). The van der Waals surface area contributed by atoms with Gasteiger partial charge >= 0.3 is 5.97 Å². The molecule has 7 heteroatoms. The van der Waals surface area contributed by atoms with Gasteiger partial charge in [-0.25, -0.2) is 9.97 Å². The molecule has 0 fully saturated rings. The second-order valence-electron chi connectivity index (χ2n) is 3.82. The van der Waals surface area contributed by atoms with Crippen LogP contribution in [0, 0.1) is 5.92 Å². The Morgan fingerprint density at radius 1 is 1.41 bits per heavy atom. The van der Waals surface area contributed by atoms with Gasteiger partial charge in [-0.2, -0.15) is 0 Å². The monoisotopic (exact) mass is 296 g/mol. The average Bonchev–Trinajstić information content (AvgIpc) is 2.15. The summed E-state index contributed by atoms with van der Waals surface area (Å²) in [6.07, 6.45) is 3.77. The molecule has 1 aromatic heterocycles. The molecule has 0 radical (unpaired) electrons. The van der Waals surface area contributed by atoms with Crippen LogP contribution in [-0.2, 0) is 15.0 Å². The lowest BCUT2D eigenvalue weighted by molar-refractivity contribution is -0.137. The van der Waals surface area contributed by atoms with Gasteiger partial charge in [0.2, 0.25) is 3.79 Å². The molecule has 0 saturated carbocycles. The predicted octanol–water partition coefficient (Wildman–Crippen LogP) is 2.96. The van der Waals surface area contributed by atoms with E-state index < -0.39 is 9.76 Å². The van der Waals surface area contributed by atoms with Crippen LogP contribution in [0.2, 0.25) is 0 Å². The fourth-order valence-electron chi connectivity index (χ4n) is 1.38. The zero-order valence-electron chi connectivity index (χ0n) is 9.03. The lowest BCUT2D eigenvalue weighted by Gasteiger charge is -2.11. The van der Waals surface area contributed by atoms with E-state index in [1.807, 2.05) is 6.92 Å². The number of alkyl halides is 3. The highest BCUT2D eigenvalue weighted by Crippen LogP contribution is 2.35. The summed E-state index contributed by atoms with van der Waals surface area (Å²) < 4.78 is -1.63. The van der Waals surface area contributed by atoms with Crippen LogP contribution in [0.15, 0.2) is 12.4 Å². The zero-order valence-corrected chi connectivity index (χ0v) is 11.3. The molecule has 1 aromatic rings. The van der Waals surface area contributed by atoms with Crippen molar-refractivity contribution < 1.29 is 9.90 Å². The predicted molar refractivity (Wildman–Crippen MR) is 66.4 cm³/mol. The molecule has 94 valence electrons. The number of hydrogen-bond donors (Lipinski definition) is 1. The largest absolute Gasteiger partial charge is 0.481 e. The van der Waals surface area contributed by atoms with Crippen molar-refractivity contribution in [1.82, 2.24) is 9.97 Å². The molecule has 0 aliphatic carbocycles. The van der Waals surface area contributed by atoms with Crippen LogP contribution in [0.1, 0.15) is 24.7 Å². The third kappa shape index (κ3) is 5.06. The summed E-state index contributed by atoms with van der Waals surface area (Å²) >= 11 is 16.8. The average molecular weight is 298 g/mol. The molecular formula is C10H11Cl3N2O2. The van der Waals surface area contributed by atoms with E-state index in [0.717, 1.165) is 5.56 Å². The first-order valence-electron chi connectivity index (χ1n) is 4.89. The van der Waals surface area contributed by atoms with Gasteiger partial charge < -0.3 is 5.11 Å². The summed E-state index contributed by atoms with van der Waals surface area (Å²) in [5.74, 6) is -0.705. The van der Waals surface area contributed by atoms with Gasteiger partial charge in [0, 0.05) is 18.8 Å². The van der Waals surface area contributed by atoms with Crippen LogP contribution >= 0.6 is 34.8 Å². The summed E-state index contributed by atoms with van der Waals surface area (Å²) in [6, 6.07) is 0. The number of aromatic nitrogens is 2. The third-order valence-electron chi connectivity index (χ3n) is 2.07. The fourth-order valence-corrected chi connectivity index (χ4v) is 1.67. The van der Waals surface area contributed by atoms with E-state index in [1.165, 1.54) is 0 Å². The number of halogens is 3. The van der Waals surface area contributed by atoms with Crippen molar-refractivity contribution >= 4 is 40.8 Å². The smallest absolute Gasteiger partial charge is 0.303 e.